The first-order valence-corrected chi connectivity index (χ1v) is 6.09. The van der Waals surface area contributed by atoms with Gasteiger partial charge >= 0.3 is 0 Å². The SMILES string of the molecule is CCNc1cc([N+](=O)[O-])cc(NC2CC2(C)C)n1. The quantitative estimate of drug-likeness (QED) is 0.620. The molecule has 6 nitrogen and oxygen atoms in total. The zero-order valence-corrected chi connectivity index (χ0v) is 10.9. The van der Waals surface area contributed by atoms with Crippen molar-refractivity contribution in [1.29, 1.82) is 0 Å². The summed E-state index contributed by atoms with van der Waals surface area (Å²) in [5.74, 6) is 1.10. The van der Waals surface area contributed by atoms with Crippen molar-refractivity contribution in [2.24, 2.45) is 5.41 Å². The molecule has 1 heterocycles. The Labute approximate surface area is 106 Å². The molecular formula is C12H18N4O2. The minimum atomic E-state index is -0.397. The molecule has 1 aliphatic rings. The Hall–Kier alpha value is -1.85. The van der Waals surface area contributed by atoms with Gasteiger partial charge in [0, 0.05) is 12.6 Å². The van der Waals surface area contributed by atoms with E-state index in [4.69, 9.17) is 0 Å². The molecule has 1 saturated carbocycles. The van der Waals surface area contributed by atoms with Crippen LogP contribution in [0.5, 0.6) is 0 Å². The van der Waals surface area contributed by atoms with Gasteiger partial charge in [-0.1, -0.05) is 13.8 Å². The van der Waals surface area contributed by atoms with Crippen molar-refractivity contribution >= 4 is 17.3 Å². The molecule has 2 N–H and O–H groups in total. The van der Waals surface area contributed by atoms with Crippen LogP contribution in [0.15, 0.2) is 12.1 Å². The first-order valence-electron chi connectivity index (χ1n) is 6.09. The van der Waals surface area contributed by atoms with Crippen molar-refractivity contribution in [3.05, 3.63) is 22.2 Å². The van der Waals surface area contributed by atoms with E-state index in [1.165, 1.54) is 12.1 Å². The van der Waals surface area contributed by atoms with Crippen molar-refractivity contribution in [2.45, 2.75) is 33.2 Å². The third kappa shape index (κ3) is 2.69. The van der Waals surface area contributed by atoms with Crippen molar-refractivity contribution in [3.8, 4) is 0 Å². The molecule has 1 fully saturated rings. The molecule has 0 amide bonds. The maximum Gasteiger partial charge on any atom is 0.276 e. The summed E-state index contributed by atoms with van der Waals surface area (Å²) in [6.07, 6.45) is 1.06. The van der Waals surface area contributed by atoms with E-state index in [1.54, 1.807) is 0 Å². The third-order valence-electron chi connectivity index (χ3n) is 3.21. The minimum absolute atomic E-state index is 0.0573. The summed E-state index contributed by atoms with van der Waals surface area (Å²) in [5, 5.41) is 17.1. The van der Waals surface area contributed by atoms with Crippen LogP contribution in [-0.2, 0) is 0 Å². The van der Waals surface area contributed by atoms with E-state index in [9.17, 15) is 10.1 Å². The number of rotatable bonds is 5. The summed E-state index contributed by atoms with van der Waals surface area (Å²) in [6.45, 7) is 6.93. The third-order valence-corrected chi connectivity index (χ3v) is 3.21. The van der Waals surface area contributed by atoms with Crippen molar-refractivity contribution in [2.75, 3.05) is 17.2 Å². The molecule has 1 aliphatic carbocycles. The normalized spacial score (nSPS) is 20.3. The molecule has 1 atom stereocenters. The molecule has 1 aromatic heterocycles. The minimum Gasteiger partial charge on any atom is -0.370 e. The van der Waals surface area contributed by atoms with Crippen molar-refractivity contribution < 1.29 is 4.92 Å². The molecule has 0 bridgehead atoms. The number of hydrogen-bond acceptors (Lipinski definition) is 5. The summed E-state index contributed by atoms with van der Waals surface area (Å²) >= 11 is 0. The van der Waals surface area contributed by atoms with E-state index in [2.05, 4.69) is 29.5 Å². The predicted octanol–water partition coefficient (Wildman–Crippen LogP) is 2.63. The maximum atomic E-state index is 10.9. The molecule has 98 valence electrons. The molecule has 0 spiro atoms. The average Bonchev–Trinajstić information content (AvgIpc) is 2.85. The predicted molar refractivity (Wildman–Crippen MR) is 70.9 cm³/mol. The molecular weight excluding hydrogens is 232 g/mol. The Balaban J connectivity index is 2.20. The zero-order valence-electron chi connectivity index (χ0n) is 10.9. The topological polar surface area (TPSA) is 80.1 Å². The van der Waals surface area contributed by atoms with Gasteiger partial charge in [-0.15, -0.1) is 0 Å². The average molecular weight is 250 g/mol. The smallest absolute Gasteiger partial charge is 0.276 e. The summed E-state index contributed by atoms with van der Waals surface area (Å²) in [5.41, 5.74) is 0.312. The number of hydrogen-bond donors (Lipinski definition) is 2. The molecule has 0 aromatic carbocycles. The van der Waals surface area contributed by atoms with E-state index in [-0.39, 0.29) is 11.1 Å². The highest BCUT2D eigenvalue weighted by Gasteiger charge is 2.45. The Morgan fingerprint density at radius 1 is 1.50 bits per heavy atom. The highest BCUT2D eigenvalue weighted by molar-refractivity contribution is 5.55. The number of pyridine rings is 1. The van der Waals surface area contributed by atoms with Crippen LogP contribution in [0.25, 0.3) is 0 Å². The lowest BCUT2D eigenvalue weighted by molar-refractivity contribution is -0.384. The van der Waals surface area contributed by atoms with Crippen LogP contribution in [0.3, 0.4) is 0 Å². The van der Waals surface area contributed by atoms with E-state index in [0.29, 0.717) is 24.2 Å². The van der Waals surface area contributed by atoms with Crippen LogP contribution in [0.1, 0.15) is 27.2 Å². The van der Waals surface area contributed by atoms with Crippen LogP contribution in [0.2, 0.25) is 0 Å². The van der Waals surface area contributed by atoms with Crippen LogP contribution in [0.4, 0.5) is 17.3 Å². The Morgan fingerprint density at radius 3 is 2.61 bits per heavy atom. The fourth-order valence-corrected chi connectivity index (χ4v) is 1.86. The van der Waals surface area contributed by atoms with Gasteiger partial charge in [0.05, 0.1) is 17.1 Å². The van der Waals surface area contributed by atoms with E-state index >= 15 is 0 Å². The van der Waals surface area contributed by atoms with Crippen LogP contribution in [0, 0.1) is 15.5 Å². The summed E-state index contributed by atoms with van der Waals surface area (Å²) in [7, 11) is 0. The van der Waals surface area contributed by atoms with Crippen molar-refractivity contribution in [3.63, 3.8) is 0 Å². The highest BCUT2D eigenvalue weighted by Crippen LogP contribution is 2.46. The van der Waals surface area contributed by atoms with Gasteiger partial charge in [-0.3, -0.25) is 10.1 Å². The fourth-order valence-electron chi connectivity index (χ4n) is 1.86. The van der Waals surface area contributed by atoms with Gasteiger partial charge in [0.15, 0.2) is 0 Å². The Morgan fingerprint density at radius 2 is 2.11 bits per heavy atom. The Kier molecular flexibility index (Phi) is 3.11. The summed E-state index contributed by atoms with van der Waals surface area (Å²) < 4.78 is 0. The summed E-state index contributed by atoms with van der Waals surface area (Å²) in [6, 6.07) is 3.28. The van der Waals surface area contributed by atoms with Gasteiger partial charge in [0.1, 0.15) is 11.6 Å². The second kappa shape index (κ2) is 4.44. The molecule has 0 aliphatic heterocycles. The molecule has 6 heteroatoms. The van der Waals surface area contributed by atoms with Gasteiger partial charge in [-0.25, -0.2) is 4.98 Å². The lowest BCUT2D eigenvalue weighted by Crippen LogP contribution is -2.11. The van der Waals surface area contributed by atoms with Gasteiger partial charge in [0.2, 0.25) is 0 Å². The first kappa shape index (κ1) is 12.6. The highest BCUT2D eigenvalue weighted by atomic mass is 16.6. The standard InChI is InChI=1S/C12H18N4O2/c1-4-13-10-5-8(16(17)18)6-11(15-10)14-9-7-12(9,2)3/h5-6,9H,4,7H2,1-3H3,(H2,13,14,15). The van der Waals surface area contributed by atoms with Crippen LogP contribution < -0.4 is 10.6 Å². The van der Waals surface area contributed by atoms with Gasteiger partial charge in [0.25, 0.3) is 5.69 Å². The second-order valence-corrected chi connectivity index (χ2v) is 5.27. The fraction of sp³-hybridized carbons (Fsp3) is 0.583. The molecule has 1 unspecified atom stereocenters. The van der Waals surface area contributed by atoms with E-state index < -0.39 is 4.92 Å². The first-order chi connectivity index (χ1) is 8.42. The zero-order chi connectivity index (χ0) is 13.3. The Bertz CT molecular complexity index is 473. The second-order valence-electron chi connectivity index (χ2n) is 5.27. The number of aromatic nitrogens is 1. The molecule has 2 rings (SSSR count). The molecule has 0 radical (unpaired) electrons. The van der Waals surface area contributed by atoms with Crippen molar-refractivity contribution in [1.82, 2.24) is 4.98 Å². The van der Waals surface area contributed by atoms with Gasteiger partial charge in [-0.2, -0.15) is 0 Å². The summed E-state index contributed by atoms with van der Waals surface area (Å²) in [4.78, 5) is 14.8. The number of nitro groups is 1. The van der Waals surface area contributed by atoms with Gasteiger partial charge in [-0.05, 0) is 18.8 Å². The van der Waals surface area contributed by atoms with E-state index in [1.807, 2.05) is 6.92 Å². The molecule has 1 aromatic rings. The molecule has 0 saturated heterocycles. The lowest BCUT2D eigenvalue weighted by atomic mass is 10.2. The largest absolute Gasteiger partial charge is 0.370 e. The monoisotopic (exact) mass is 250 g/mol. The number of nitrogens with one attached hydrogen (secondary N) is 2. The van der Waals surface area contributed by atoms with Crippen LogP contribution in [-0.4, -0.2) is 22.5 Å². The van der Waals surface area contributed by atoms with E-state index in [0.717, 1.165) is 6.42 Å². The lowest BCUT2D eigenvalue weighted by Gasteiger charge is -2.09. The van der Waals surface area contributed by atoms with Gasteiger partial charge < -0.3 is 10.6 Å². The number of nitrogens with zero attached hydrogens (tertiary/aromatic N) is 2. The molecule has 18 heavy (non-hydrogen) atoms. The van der Waals surface area contributed by atoms with Crippen LogP contribution >= 0.6 is 0 Å². The maximum absolute atomic E-state index is 10.9. The number of anilines is 2.